The van der Waals surface area contributed by atoms with Crippen LogP contribution >= 0.6 is 0 Å². The Kier molecular flexibility index (Phi) is 5.50. The summed E-state index contributed by atoms with van der Waals surface area (Å²) in [4.78, 5) is 26.8. The zero-order valence-corrected chi connectivity index (χ0v) is 15.1. The van der Waals surface area contributed by atoms with Crippen molar-refractivity contribution in [3.05, 3.63) is 36.3 Å². The lowest BCUT2D eigenvalue weighted by atomic mass is 10.2. The largest absolute Gasteiger partial charge is 0.477 e. The second-order valence-electron chi connectivity index (χ2n) is 6.20. The van der Waals surface area contributed by atoms with Crippen molar-refractivity contribution in [3.63, 3.8) is 0 Å². The Morgan fingerprint density at radius 2 is 1.96 bits per heavy atom. The molecule has 0 N–H and O–H groups in total. The summed E-state index contributed by atoms with van der Waals surface area (Å²) >= 11 is 0. The van der Waals surface area contributed by atoms with Crippen LogP contribution in [-0.4, -0.2) is 58.2 Å². The van der Waals surface area contributed by atoms with Crippen molar-refractivity contribution in [3.8, 4) is 17.6 Å². The molecule has 0 saturated carbocycles. The van der Waals surface area contributed by atoms with Crippen molar-refractivity contribution in [1.29, 1.82) is 0 Å². The fraction of sp³-hybridized carbons (Fsp3) is 0.444. The van der Waals surface area contributed by atoms with Gasteiger partial charge in [0.05, 0.1) is 25.3 Å². The van der Waals surface area contributed by atoms with E-state index in [1.54, 1.807) is 29.4 Å². The van der Waals surface area contributed by atoms with Gasteiger partial charge in [-0.3, -0.25) is 4.79 Å². The Bertz CT molecular complexity index is 751. The highest BCUT2D eigenvalue weighted by Crippen LogP contribution is 2.24. The lowest BCUT2D eigenvalue weighted by molar-refractivity contribution is 0.0769. The number of hydrogen-bond acceptors (Lipinski definition) is 7. The van der Waals surface area contributed by atoms with E-state index in [9.17, 15) is 4.79 Å². The highest BCUT2D eigenvalue weighted by Gasteiger charge is 2.29. The van der Waals surface area contributed by atoms with Crippen LogP contribution in [0.4, 0.5) is 0 Å². The monoisotopic (exact) mass is 358 g/mol. The second kappa shape index (κ2) is 7.99. The second-order valence-corrected chi connectivity index (χ2v) is 6.20. The molecular formula is C18H22N4O4. The van der Waals surface area contributed by atoms with Crippen LogP contribution in [0.15, 0.2) is 30.7 Å². The van der Waals surface area contributed by atoms with Gasteiger partial charge in [-0.1, -0.05) is 0 Å². The van der Waals surface area contributed by atoms with Gasteiger partial charge in [0.25, 0.3) is 17.7 Å². The Labute approximate surface area is 152 Å². The average molecular weight is 358 g/mol. The van der Waals surface area contributed by atoms with Crippen LogP contribution < -0.4 is 14.2 Å². The summed E-state index contributed by atoms with van der Waals surface area (Å²) in [5.41, 5.74) is 0.527. The summed E-state index contributed by atoms with van der Waals surface area (Å²) in [6, 6.07) is 3.44. The van der Waals surface area contributed by atoms with Crippen molar-refractivity contribution < 1.29 is 19.0 Å². The molecule has 1 fully saturated rings. The fourth-order valence-electron chi connectivity index (χ4n) is 2.70. The van der Waals surface area contributed by atoms with E-state index in [0.717, 1.165) is 0 Å². The number of amides is 1. The number of likely N-dealkylation sites (tertiary alicyclic amines) is 1. The maximum absolute atomic E-state index is 12.6. The molecule has 3 heterocycles. The van der Waals surface area contributed by atoms with Crippen LogP contribution in [0.3, 0.4) is 0 Å². The van der Waals surface area contributed by atoms with Crippen molar-refractivity contribution in [1.82, 2.24) is 19.9 Å². The van der Waals surface area contributed by atoms with Crippen LogP contribution in [0.1, 0.15) is 30.6 Å². The molecule has 0 aromatic carbocycles. The molecule has 138 valence electrons. The molecule has 8 heteroatoms. The van der Waals surface area contributed by atoms with Crippen LogP contribution in [0, 0.1) is 0 Å². The lowest BCUT2D eigenvalue weighted by Gasteiger charge is -2.17. The molecule has 2 aromatic rings. The Hall–Kier alpha value is -2.90. The molecule has 1 saturated heterocycles. The molecule has 0 aliphatic carbocycles. The minimum atomic E-state index is -0.152. The predicted octanol–water partition coefficient (Wildman–Crippen LogP) is 1.96. The van der Waals surface area contributed by atoms with E-state index < -0.39 is 0 Å². The van der Waals surface area contributed by atoms with Gasteiger partial charge in [0, 0.05) is 37.6 Å². The summed E-state index contributed by atoms with van der Waals surface area (Å²) in [6.07, 6.45) is 5.23. The molecule has 0 radical (unpaired) electrons. The van der Waals surface area contributed by atoms with E-state index in [2.05, 4.69) is 15.0 Å². The lowest BCUT2D eigenvalue weighted by Crippen LogP contribution is -2.31. The van der Waals surface area contributed by atoms with Crippen LogP contribution in [0.5, 0.6) is 17.6 Å². The zero-order valence-electron chi connectivity index (χ0n) is 15.1. The van der Waals surface area contributed by atoms with Crippen LogP contribution in [-0.2, 0) is 0 Å². The quantitative estimate of drug-likeness (QED) is 0.780. The number of methoxy groups -OCH3 is 1. The molecule has 26 heavy (non-hydrogen) atoms. The van der Waals surface area contributed by atoms with Gasteiger partial charge in [-0.15, -0.1) is 0 Å². The molecule has 1 atom stereocenters. The maximum atomic E-state index is 12.6. The summed E-state index contributed by atoms with van der Waals surface area (Å²) in [7, 11) is 1.51. The Morgan fingerprint density at radius 3 is 2.62 bits per heavy atom. The average Bonchev–Trinajstić information content (AvgIpc) is 3.10. The van der Waals surface area contributed by atoms with Gasteiger partial charge < -0.3 is 19.1 Å². The Balaban J connectivity index is 1.60. The molecule has 0 bridgehead atoms. The maximum Gasteiger partial charge on any atom is 0.278 e. The Morgan fingerprint density at radius 1 is 1.19 bits per heavy atom. The van der Waals surface area contributed by atoms with Crippen LogP contribution in [0.2, 0.25) is 0 Å². The van der Waals surface area contributed by atoms with E-state index in [-0.39, 0.29) is 18.1 Å². The predicted molar refractivity (Wildman–Crippen MR) is 93.5 cm³/mol. The minimum absolute atomic E-state index is 0.0404. The number of carbonyl (C=O) groups excluding carboxylic acids is 1. The van der Waals surface area contributed by atoms with Crippen molar-refractivity contribution in [2.24, 2.45) is 0 Å². The third kappa shape index (κ3) is 4.19. The zero-order chi connectivity index (χ0) is 18.5. The number of nitrogens with zero attached hydrogens (tertiary/aromatic N) is 4. The van der Waals surface area contributed by atoms with E-state index in [1.165, 1.54) is 13.3 Å². The van der Waals surface area contributed by atoms with E-state index >= 15 is 0 Å². The number of pyridine rings is 1. The first-order valence-electron chi connectivity index (χ1n) is 8.50. The molecule has 1 aliphatic heterocycles. The molecular weight excluding hydrogens is 336 g/mol. The molecule has 2 aromatic heterocycles. The standard InChI is InChI=1S/C18H22N4O4/c1-12(2)25-15-5-4-13(10-21-15)18(23)22-9-6-14(11-22)26-17-16(24-3)19-7-8-20-17/h4-5,7-8,10,12,14H,6,9,11H2,1-3H3. The van der Waals surface area contributed by atoms with Crippen molar-refractivity contribution >= 4 is 5.91 Å². The van der Waals surface area contributed by atoms with Gasteiger partial charge in [0.15, 0.2) is 0 Å². The first kappa shape index (κ1) is 17.9. The summed E-state index contributed by atoms with van der Waals surface area (Å²) in [5.74, 6) is 1.10. The third-order valence-electron chi connectivity index (χ3n) is 3.88. The third-order valence-corrected chi connectivity index (χ3v) is 3.88. The molecule has 1 amide bonds. The number of carbonyl (C=O) groups is 1. The van der Waals surface area contributed by atoms with Gasteiger partial charge in [0.1, 0.15) is 6.10 Å². The highest BCUT2D eigenvalue weighted by molar-refractivity contribution is 5.94. The number of hydrogen-bond donors (Lipinski definition) is 0. The van der Waals surface area contributed by atoms with Crippen molar-refractivity contribution in [2.75, 3.05) is 20.2 Å². The summed E-state index contributed by atoms with van der Waals surface area (Å²) in [6.45, 7) is 4.94. The topological polar surface area (TPSA) is 86.7 Å². The minimum Gasteiger partial charge on any atom is -0.477 e. The van der Waals surface area contributed by atoms with Crippen molar-refractivity contribution in [2.45, 2.75) is 32.5 Å². The number of aromatic nitrogens is 3. The van der Waals surface area contributed by atoms with E-state index in [1.807, 2.05) is 13.8 Å². The van der Waals surface area contributed by atoms with Gasteiger partial charge in [-0.2, -0.15) is 0 Å². The van der Waals surface area contributed by atoms with Gasteiger partial charge >= 0.3 is 0 Å². The molecule has 1 unspecified atom stereocenters. The first-order chi connectivity index (χ1) is 12.6. The smallest absolute Gasteiger partial charge is 0.278 e. The summed E-state index contributed by atoms with van der Waals surface area (Å²) < 4.78 is 16.5. The molecule has 1 aliphatic rings. The van der Waals surface area contributed by atoms with E-state index in [4.69, 9.17) is 14.2 Å². The van der Waals surface area contributed by atoms with Crippen LogP contribution in [0.25, 0.3) is 0 Å². The SMILES string of the molecule is COc1nccnc1OC1CCN(C(=O)c2ccc(OC(C)C)nc2)C1. The fourth-order valence-corrected chi connectivity index (χ4v) is 2.70. The number of ether oxygens (including phenoxy) is 3. The van der Waals surface area contributed by atoms with E-state index in [0.29, 0.717) is 42.7 Å². The normalized spacial score (nSPS) is 16.6. The number of rotatable bonds is 6. The summed E-state index contributed by atoms with van der Waals surface area (Å²) in [5, 5.41) is 0. The molecule has 8 nitrogen and oxygen atoms in total. The van der Waals surface area contributed by atoms with Gasteiger partial charge in [-0.25, -0.2) is 15.0 Å². The van der Waals surface area contributed by atoms with Gasteiger partial charge in [0.2, 0.25) is 5.88 Å². The van der Waals surface area contributed by atoms with Gasteiger partial charge in [-0.05, 0) is 19.9 Å². The highest BCUT2D eigenvalue weighted by atomic mass is 16.5. The first-order valence-corrected chi connectivity index (χ1v) is 8.50. The molecule has 0 spiro atoms. The molecule has 3 rings (SSSR count).